The van der Waals surface area contributed by atoms with E-state index in [1.165, 1.54) is 12.1 Å². The third-order valence-electron chi connectivity index (χ3n) is 3.86. The number of ether oxygens (including phenoxy) is 3. The van der Waals surface area contributed by atoms with Crippen molar-refractivity contribution in [1.82, 2.24) is 15.2 Å². The predicted molar refractivity (Wildman–Crippen MR) is 97.3 cm³/mol. The van der Waals surface area contributed by atoms with Gasteiger partial charge in [0.05, 0.1) is 19.8 Å². The zero-order valence-corrected chi connectivity index (χ0v) is 15.1. The van der Waals surface area contributed by atoms with Crippen molar-refractivity contribution in [3.63, 3.8) is 0 Å². The van der Waals surface area contributed by atoms with Gasteiger partial charge < -0.3 is 19.9 Å². The third-order valence-corrected chi connectivity index (χ3v) is 3.86. The van der Waals surface area contributed by atoms with Gasteiger partial charge in [-0.05, 0) is 48.9 Å². The molecule has 0 saturated carbocycles. The van der Waals surface area contributed by atoms with E-state index in [4.69, 9.17) is 19.9 Å². The zero-order valence-electron chi connectivity index (χ0n) is 15.1. The number of nitrogens with two attached hydrogens (primary N) is 1. The standard InChI is InChI=1S/C19H21FN4O3/c1-3-26-16-10-12(4-9-15(16)25-2)18(21)19-22-17(23-24-19)11-27-14-7-5-13(20)6-8-14/h4-10,18H,3,11,21H2,1-2H3,(H,22,23,24). The predicted octanol–water partition coefficient (Wildman–Crippen LogP) is 2.98. The van der Waals surface area contributed by atoms with Crippen molar-refractivity contribution in [3.05, 3.63) is 65.5 Å². The molecule has 0 fully saturated rings. The van der Waals surface area contributed by atoms with Gasteiger partial charge in [0.2, 0.25) is 0 Å². The second-order valence-corrected chi connectivity index (χ2v) is 5.70. The molecule has 3 rings (SSSR count). The number of hydrogen-bond donors (Lipinski definition) is 2. The Balaban J connectivity index is 1.69. The van der Waals surface area contributed by atoms with Gasteiger partial charge in [0.1, 0.15) is 18.2 Å². The fraction of sp³-hybridized carbons (Fsp3) is 0.263. The van der Waals surface area contributed by atoms with Gasteiger partial charge in [-0.25, -0.2) is 9.37 Å². The number of benzene rings is 2. The van der Waals surface area contributed by atoms with Crippen LogP contribution in [-0.4, -0.2) is 28.9 Å². The molecule has 27 heavy (non-hydrogen) atoms. The lowest BCUT2D eigenvalue weighted by Crippen LogP contribution is -2.14. The molecule has 142 valence electrons. The first-order valence-corrected chi connectivity index (χ1v) is 8.46. The van der Waals surface area contributed by atoms with Crippen molar-refractivity contribution in [2.75, 3.05) is 13.7 Å². The van der Waals surface area contributed by atoms with Gasteiger partial charge >= 0.3 is 0 Å². The Kier molecular flexibility index (Phi) is 5.87. The summed E-state index contributed by atoms with van der Waals surface area (Å²) in [5, 5.41) is 6.97. The number of aromatic nitrogens is 3. The van der Waals surface area contributed by atoms with Crippen LogP contribution in [0.25, 0.3) is 0 Å². The Hall–Kier alpha value is -3.13. The van der Waals surface area contributed by atoms with Gasteiger partial charge in [0.25, 0.3) is 0 Å². The van der Waals surface area contributed by atoms with Crippen molar-refractivity contribution >= 4 is 0 Å². The molecule has 0 radical (unpaired) electrons. The molecule has 1 atom stereocenters. The normalized spacial score (nSPS) is 11.9. The van der Waals surface area contributed by atoms with Crippen LogP contribution in [0.4, 0.5) is 4.39 Å². The maximum absolute atomic E-state index is 12.9. The first-order valence-electron chi connectivity index (χ1n) is 8.46. The van der Waals surface area contributed by atoms with Crippen LogP contribution < -0.4 is 19.9 Å². The number of H-pyrrole nitrogens is 1. The van der Waals surface area contributed by atoms with E-state index < -0.39 is 6.04 Å². The van der Waals surface area contributed by atoms with Crippen molar-refractivity contribution in [2.45, 2.75) is 19.6 Å². The van der Waals surface area contributed by atoms with Gasteiger partial charge in [0.15, 0.2) is 23.1 Å². The van der Waals surface area contributed by atoms with Crippen LogP contribution in [-0.2, 0) is 6.61 Å². The Morgan fingerprint density at radius 1 is 1.11 bits per heavy atom. The molecule has 0 aliphatic carbocycles. The molecule has 2 aromatic carbocycles. The third kappa shape index (κ3) is 4.53. The van der Waals surface area contributed by atoms with Gasteiger partial charge in [-0.15, -0.1) is 0 Å². The lowest BCUT2D eigenvalue weighted by atomic mass is 10.1. The van der Waals surface area contributed by atoms with Gasteiger partial charge in [0, 0.05) is 0 Å². The summed E-state index contributed by atoms with van der Waals surface area (Å²) in [6.45, 7) is 2.58. The van der Waals surface area contributed by atoms with Crippen LogP contribution in [0.2, 0.25) is 0 Å². The van der Waals surface area contributed by atoms with E-state index in [0.717, 1.165) is 5.56 Å². The minimum Gasteiger partial charge on any atom is -0.493 e. The highest BCUT2D eigenvalue weighted by atomic mass is 19.1. The largest absolute Gasteiger partial charge is 0.493 e. The van der Waals surface area contributed by atoms with Crippen LogP contribution in [0.5, 0.6) is 17.2 Å². The maximum atomic E-state index is 12.9. The van der Waals surface area contributed by atoms with E-state index in [-0.39, 0.29) is 12.4 Å². The Labute approximate surface area is 156 Å². The fourth-order valence-electron chi connectivity index (χ4n) is 2.50. The summed E-state index contributed by atoms with van der Waals surface area (Å²) in [5.41, 5.74) is 7.08. The number of halogens is 1. The quantitative estimate of drug-likeness (QED) is 0.631. The monoisotopic (exact) mass is 372 g/mol. The molecule has 1 unspecified atom stereocenters. The lowest BCUT2D eigenvalue weighted by molar-refractivity contribution is 0.296. The summed E-state index contributed by atoms with van der Waals surface area (Å²) < 4.78 is 29.3. The summed E-state index contributed by atoms with van der Waals surface area (Å²) in [6, 6.07) is 10.7. The second-order valence-electron chi connectivity index (χ2n) is 5.70. The highest BCUT2D eigenvalue weighted by Crippen LogP contribution is 2.31. The van der Waals surface area contributed by atoms with Crippen LogP contribution in [0.15, 0.2) is 42.5 Å². The van der Waals surface area contributed by atoms with Gasteiger partial charge in [-0.1, -0.05) is 6.07 Å². The van der Waals surface area contributed by atoms with E-state index in [9.17, 15) is 4.39 Å². The highest BCUT2D eigenvalue weighted by molar-refractivity contribution is 5.44. The van der Waals surface area contributed by atoms with E-state index in [0.29, 0.717) is 35.5 Å². The average molecular weight is 372 g/mol. The summed E-state index contributed by atoms with van der Waals surface area (Å²) in [6.07, 6.45) is 0. The smallest absolute Gasteiger partial charge is 0.172 e. The first-order chi connectivity index (χ1) is 13.1. The van der Waals surface area contributed by atoms with Crippen molar-refractivity contribution in [3.8, 4) is 17.2 Å². The van der Waals surface area contributed by atoms with Crippen LogP contribution >= 0.6 is 0 Å². The first kappa shape index (κ1) is 18.7. The molecule has 7 nitrogen and oxygen atoms in total. The minimum absolute atomic E-state index is 0.165. The van der Waals surface area contributed by atoms with E-state index in [1.54, 1.807) is 25.3 Å². The number of hydrogen-bond acceptors (Lipinski definition) is 6. The molecule has 3 N–H and O–H groups in total. The minimum atomic E-state index is -0.536. The second kappa shape index (κ2) is 8.50. The molecule has 0 saturated heterocycles. The van der Waals surface area contributed by atoms with Gasteiger partial charge in [-0.2, -0.15) is 5.10 Å². The highest BCUT2D eigenvalue weighted by Gasteiger charge is 2.17. The maximum Gasteiger partial charge on any atom is 0.172 e. The summed E-state index contributed by atoms with van der Waals surface area (Å²) in [5.74, 6) is 2.42. The molecule has 1 aromatic heterocycles. The van der Waals surface area contributed by atoms with Gasteiger partial charge in [-0.3, -0.25) is 5.10 Å². The average Bonchev–Trinajstić information content (AvgIpc) is 3.16. The van der Waals surface area contributed by atoms with E-state index in [1.807, 2.05) is 19.1 Å². The summed E-state index contributed by atoms with van der Waals surface area (Å²) in [4.78, 5) is 4.37. The molecule has 0 amide bonds. The molecular weight excluding hydrogens is 351 g/mol. The molecule has 0 bridgehead atoms. The number of aromatic amines is 1. The number of nitrogens with zero attached hydrogens (tertiary/aromatic N) is 2. The van der Waals surface area contributed by atoms with Crippen LogP contribution in [0.1, 0.15) is 30.2 Å². The lowest BCUT2D eigenvalue weighted by Gasteiger charge is -2.13. The number of nitrogens with one attached hydrogen (secondary N) is 1. The Morgan fingerprint density at radius 2 is 1.89 bits per heavy atom. The summed E-state index contributed by atoms with van der Waals surface area (Å²) in [7, 11) is 1.58. The molecule has 0 aliphatic heterocycles. The molecule has 0 aliphatic rings. The zero-order chi connectivity index (χ0) is 19.2. The van der Waals surface area contributed by atoms with Crippen LogP contribution in [0.3, 0.4) is 0 Å². The molecule has 1 heterocycles. The van der Waals surface area contributed by atoms with Crippen LogP contribution in [0, 0.1) is 5.82 Å². The molecule has 3 aromatic rings. The van der Waals surface area contributed by atoms with Crippen molar-refractivity contribution in [2.24, 2.45) is 5.73 Å². The topological polar surface area (TPSA) is 95.3 Å². The Morgan fingerprint density at radius 3 is 2.59 bits per heavy atom. The molecule has 0 spiro atoms. The van der Waals surface area contributed by atoms with E-state index in [2.05, 4.69) is 15.2 Å². The van der Waals surface area contributed by atoms with E-state index >= 15 is 0 Å². The summed E-state index contributed by atoms with van der Waals surface area (Å²) >= 11 is 0. The molecule has 8 heteroatoms. The van der Waals surface area contributed by atoms with Crippen molar-refractivity contribution < 1.29 is 18.6 Å². The Bertz CT molecular complexity index is 883. The SMILES string of the molecule is CCOc1cc(C(N)c2n[nH]c(COc3ccc(F)cc3)n2)ccc1OC. The number of methoxy groups -OCH3 is 1. The molecular formula is C19H21FN4O3. The fourth-order valence-corrected chi connectivity index (χ4v) is 2.50. The van der Waals surface area contributed by atoms with Crippen molar-refractivity contribution in [1.29, 1.82) is 0 Å². The number of rotatable bonds is 8.